The average Bonchev–Trinajstić information content (AvgIpc) is 3.42. The van der Waals surface area contributed by atoms with Gasteiger partial charge in [0.1, 0.15) is 0 Å². The molecule has 1 nitrogen and oxygen atoms in total. The molecule has 0 saturated carbocycles. The van der Waals surface area contributed by atoms with E-state index in [2.05, 4.69) is 87.3 Å². The van der Waals surface area contributed by atoms with E-state index in [1.807, 2.05) is 0 Å². The third-order valence-electron chi connectivity index (χ3n) is 8.15. The molecule has 1 aliphatic rings. The summed E-state index contributed by atoms with van der Waals surface area (Å²) in [5, 5.41) is 0. The Morgan fingerprint density at radius 2 is 1.38 bits per heavy atom. The zero-order valence-electron chi connectivity index (χ0n) is 24.1. The fraction of sp³-hybridized carbons (Fsp3) is 0.697. The summed E-state index contributed by atoms with van der Waals surface area (Å²) in [6, 6.07) is 0. The van der Waals surface area contributed by atoms with Crippen LogP contribution >= 0.6 is 0 Å². The molecule has 0 aromatic heterocycles. The first-order valence-corrected chi connectivity index (χ1v) is 13.8. The first-order chi connectivity index (χ1) is 15.9. The van der Waals surface area contributed by atoms with E-state index in [9.17, 15) is 0 Å². The Morgan fingerprint density at radius 3 is 2.00 bits per heavy atom. The van der Waals surface area contributed by atoms with E-state index in [0.717, 1.165) is 38.5 Å². The van der Waals surface area contributed by atoms with Crippen molar-refractivity contribution in [2.45, 2.75) is 131 Å². The van der Waals surface area contributed by atoms with E-state index in [1.54, 1.807) is 0 Å². The van der Waals surface area contributed by atoms with Crippen molar-refractivity contribution in [1.29, 1.82) is 0 Å². The van der Waals surface area contributed by atoms with Gasteiger partial charge in [-0.3, -0.25) is 0 Å². The monoisotopic (exact) mass is 468 g/mol. The van der Waals surface area contributed by atoms with Crippen LogP contribution in [0, 0.1) is 17.8 Å². The van der Waals surface area contributed by atoms with E-state index in [1.165, 1.54) is 53.5 Å². The highest BCUT2D eigenvalue weighted by atomic mass is 16.6. The number of epoxide rings is 1. The van der Waals surface area contributed by atoms with Crippen LogP contribution in [0.3, 0.4) is 0 Å². The zero-order chi connectivity index (χ0) is 25.9. The molecule has 0 N–H and O–H groups in total. The molecule has 1 saturated heterocycles. The molecule has 1 heterocycles. The van der Waals surface area contributed by atoms with Gasteiger partial charge in [-0.1, -0.05) is 80.5 Å². The Labute approximate surface area is 213 Å². The van der Waals surface area contributed by atoms with Gasteiger partial charge in [-0.25, -0.2) is 0 Å². The number of hydrogen-bond acceptors (Lipinski definition) is 1. The van der Waals surface area contributed by atoms with E-state index in [0.29, 0.717) is 23.9 Å². The minimum Gasteiger partial charge on any atom is -0.366 e. The lowest BCUT2D eigenvalue weighted by Gasteiger charge is -2.17. The van der Waals surface area contributed by atoms with Crippen molar-refractivity contribution < 1.29 is 4.74 Å². The minimum absolute atomic E-state index is 0.0867. The predicted octanol–water partition coefficient (Wildman–Crippen LogP) is 10.6. The van der Waals surface area contributed by atoms with Crippen LogP contribution in [0.15, 0.2) is 59.8 Å². The highest BCUT2D eigenvalue weighted by Gasteiger charge is 2.50. The van der Waals surface area contributed by atoms with Gasteiger partial charge in [-0.05, 0) is 117 Å². The van der Waals surface area contributed by atoms with Gasteiger partial charge in [-0.2, -0.15) is 0 Å². The first kappa shape index (κ1) is 30.7. The Hall–Kier alpha value is -1.34. The molecule has 0 radical (unpaired) electrons. The maximum Gasteiger partial charge on any atom is 0.0920 e. The largest absolute Gasteiger partial charge is 0.366 e. The fourth-order valence-electron chi connectivity index (χ4n) is 4.50. The van der Waals surface area contributed by atoms with Crippen LogP contribution in [0.1, 0.15) is 120 Å². The lowest BCUT2D eigenvalue weighted by Crippen LogP contribution is -2.12. The molecule has 1 aliphatic heterocycles. The lowest BCUT2D eigenvalue weighted by atomic mass is 9.88. The van der Waals surface area contributed by atoms with Gasteiger partial charge < -0.3 is 4.74 Å². The summed E-state index contributed by atoms with van der Waals surface area (Å²) in [4.78, 5) is 0. The SMILES string of the molecule is C=C(CC[C@H](C)C(=C)C)[C@H](C)CC/C(C)=C/CC[C@H]1O[C@]1(C)CC[C@@H](C)C(=C)CCC=C(C)C. The Bertz CT molecular complexity index is 732. The summed E-state index contributed by atoms with van der Waals surface area (Å²) < 4.78 is 6.14. The summed E-state index contributed by atoms with van der Waals surface area (Å²) in [5.74, 6) is 1.76. The average molecular weight is 469 g/mol. The number of ether oxygens (including phenoxy) is 1. The topological polar surface area (TPSA) is 12.5 Å². The van der Waals surface area contributed by atoms with E-state index >= 15 is 0 Å². The number of hydrogen-bond donors (Lipinski definition) is 0. The van der Waals surface area contributed by atoms with Crippen molar-refractivity contribution in [3.8, 4) is 0 Å². The van der Waals surface area contributed by atoms with Crippen LogP contribution < -0.4 is 0 Å². The number of rotatable bonds is 18. The molecule has 1 fully saturated rings. The molecule has 5 atom stereocenters. The molecule has 0 spiro atoms. The van der Waals surface area contributed by atoms with Crippen molar-refractivity contribution in [3.63, 3.8) is 0 Å². The molecule has 0 amide bonds. The van der Waals surface area contributed by atoms with Gasteiger partial charge in [0.2, 0.25) is 0 Å². The fourth-order valence-corrected chi connectivity index (χ4v) is 4.50. The molecule has 1 rings (SSSR count). The molecule has 194 valence electrons. The van der Waals surface area contributed by atoms with Crippen LogP contribution in [-0.2, 0) is 4.74 Å². The summed E-state index contributed by atoms with van der Waals surface area (Å²) in [7, 11) is 0. The summed E-state index contributed by atoms with van der Waals surface area (Å²) >= 11 is 0. The van der Waals surface area contributed by atoms with Crippen LogP contribution in [0.25, 0.3) is 0 Å². The third-order valence-corrected chi connectivity index (χ3v) is 8.15. The van der Waals surface area contributed by atoms with Gasteiger partial charge in [0, 0.05) is 0 Å². The van der Waals surface area contributed by atoms with Crippen LogP contribution in [0.4, 0.5) is 0 Å². The predicted molar refractivity (Wildman–Crippen MR) is 153 cm³/mol. The highest BCUT2D eigenvalue weighted by molar-refractivity contribution is 5.08. The second-order valence-corrected chi connectivity index (χ2v) is 11.8. The standard InChI is InChI=1S/C33H56O/c1-24(2)14-12-16-28(7)31(10)22-23-33(11)32(34-33)17-13-15-26(5)18-19-29(8)30(9)21-20-27(6)25(3)4/h14-15,27,29,31-32H,3,7,9,12-13,16-23H2,1-2,4-6,8,10-11H3/b26-15+/t27-,29+,31+,32+,33+/m0/s1. The van der Waals surface area contributed by atoms with Gasteiger partial charge in [0.05, 0.1) is 11.7 Å². The van der Waals surface area contributed by atoms with Crippen molar-refractivity contribution in [1.82, 2.24) is 0 Å². The maximum atomic E-state index is 6.14. The molecule has 0 aromatic rings. The Balaban J connectivity index is 2.26. The highest BCUT2D eigenvalue weighted by Crippen LogP contribution is 2.44. The molecule has 0 aromatic carbocycles. The maximum absolute atomic E-state index is 6.14. The smallest absolute Gasteiger partial charge is 0.0920 e. The van der Waals surface area contributed by atoms with Crippen LogP contribution in [-0.4, -0.2) is 11.7 Å². The molecule has 34 heavy (non-hydrogen) atoms. The van der Waals surface area contributed by atoms with Gasteiger partial charge in [-0.15, -0.1) is 0 Å². The first-order valence-electron chi connectivity index (χ1n) is 13.8. The van der Waals surface area contributed by atoms with Crippen molar-refractivity contribution in [2.75, 3.05) is 0 Å². The minimum atomic E-state index is 0.0867. The molecular weight excluding hydrogens is 412 g/mol. The second kappa shape index (κ2) is 14.9. The molecular formula is C33H56O. The molecule has 0 unspecified atom stereocenters. The Kier molecular flexibility index (Phi) is 13.5. The quantitative estimate of drug-likeness (QED) is 0.144. The van der Waals surface area contributed by atoms with Crippen molar-refractivity contribution >= 4 is 0 Å². The summed E-state index contributed by atoms with van der Waals surface area (Å²) in [6.07, 6.45) is 16.7. The van der Waals surface area contributed by atoms with Crippen molar-refractivity contribution in [2.24, 2.45) is 17.8 Å². The molecule has 0 aliphatic carbocycles. The molecule has 1 heteroatoms. The van der Waals surface area contributed by atoms with Gasteiger partial charge in [0.15, 0.2) is 0 Å². The lowest BCUT2D eigenvalue weighted by molar-refractivity contribution is 0.283. The van der Waals surface area contributed by atoms with Crippen LogP contribution in [0.5, 0.6) is 0 Å². The third kappa shape index (κ3) is 11.9. The molecule has 0 bridgehead atoms. The van der Waals surface area contributed by atoms with Crippen LogP contribution in [0.2, 0.25) is 0 Å². The normalized spacial score (nSPS) is 22.6. The van der Waals surface area contributed by atoms with Gasteiger partial charge >= 0.3 is 0 Å². The zero-order valence-corrected chi connectivity index (χ0v) is 24.1. The van der Waals surface area contributed by atoms with E-state index in [4.69, 9.17) is 4.74 Å². The summed E-state index contributed by atoms with van der Waals surface area (Å²) in [5.41, 5.74) is 7.07. The number of allylic oxidation sites excluding steroid dienone is 7. The second-order valence-electron chi connectivity index (χ2n) is 11.8. The summed E-state index contributed by atoms with van der Waals surface area (Å²) in [6.45, 7) is 30.8. The van der Waals surface area contributed by atoms with Crippen molar-refractivity contribution in [3.05, 3.63) is 59.8 Å². The Morgan fingerprint density at radius 1 is 0.794 bits per heavy atom. The van der Waals surface area contributed by atoms with Gasteiger partial charge in [0.25, 0.3) is 0 Å². The van der Waals surface area contributed by atoms with E-state index in [-0.39, 0.29) is 5.60 Å². The van der Waals surface area contributed by atoms with E-state index < -0.39 is 0 Å².